The highest BCUT2D eigenvalue weighted by molar-refractivity contribution is 6.07. The van der Waals surface area contributed by atoms with Crippen LogP contribution in [0.1, 0.15) is 24.0 Å². The second-order valence-electron chi connectivity index (χ2n) is 12.4. The molecule has 0 N–H and O–H groups in total. The molecule has 0 radical (unpaired) electrons. The molecule has 16 nitrogen and oxygen atoms in total. The molecule has 4 amide bonds. The fraction of sp³-hybridized carbons (Fsp3) is 0.429. The van der Waals surface area contributed by atoms with Crippen molar-refractivity contribution < 1.29 is 66.5 Å². The minimum Gasteiger partial charge on any atom is -0.493 e. The van der Waals surface area contributed by atoms with E-state index < -0.39 is 11.8 Å². The molecule has 2 heterocycles. The van der Waals surface area contributed by atoms with Crippen molar-refractivity contribution >= 4 is 35.8 Å². The molecule has 2 aliphatic heterocycles. The Kier molecular flexibility index (Phi) is 19.3. The van der Waals surface area contributed by atoms with Gasteiger partial charge in [0.25, 0.3) is 23.6 Å². The van der Waals surface area contributed by atoms with E-state index >= 15 is 0 Å². The van der Waals surface area contributed by atoms with E-state index in [1.54, 1.807) is 48.6 Å². The molecule has 0 saturated heterocycles. The molecule has 4 rings (SSSR count). The zero-order valence-electron chi connectivity index (χ0n) is 33.4. The van der Waals surface area contributed by atoms with Gasteiger partial charge in [0.1, 0.15) is 13.2 Å². The van der Waals surface area contributed by atoms with Crippen LogP contribution in [0.2, 0.25) is 0 Å². The molecule has 0 aromatic heterocycles. The Hall–Kier alpha value is -5.68. The van der Waals surface area contributed by atoms with E-state index in [9.17, 15) is 19.2 Å². The zero-order chi connectivity index (χ0) is 41.5. The van der Waals surface area contributed by atoms with E-state index in [0.29, 0.717) is 124 Å². The summed E-state index contributed by atoms with van der Waals surface area (Å²) in [4.78, 5) is 51.3. The third kappa shape index (κ3) is 14.1. The highest BCUT2D eigenvalue weighted by atomic mass is 16.6. The smallest absolute Gasteiger partial charge is 0.253 e. The number of imide groups is 2. The predicted molar refractivity (Wildman–Crippen MR) is 212 cm³/mol. The minimum absolute atomic E-state index is 0.232. The lowest BCUT2D eigenvalue weighted by atomic mass is 10.1. The number of ether oxygens (including phenoxy) is 10. The van der Waals surface area contributed by atoms with Crippen LogP contribution in [-0.4, -0.2) is 141 Å². The van der Waals surface area contributed by atoms with Gasteiger partial charge in [0, 0.05) is 25.2 Å². The number of carbonyl (C=O) groups excluding carboxylic acids is 4. The van der Waals surface area contributed by atoms with Gasteiger partial charge in [0.05, 0.1) is 81.3 Å². The van der Waals surface area contributed by atoms with Gasteiger partial charge in [-0.15, -0.1) is 0 Å². The second kappa shape index (κ2) is 24.8. The Labute approximate surface area is 338 Å². The van der Waals surface area contributed by atoms with Gasteiger partial charge in [0.15, 0.2) is 23.0 Å². The maximum atomic E-state index is 12.5. The second-order valence-corrected chi connectivity index (χ2v) is 12.4. The minimum atomic E-state index is -0.399. The number of methoxy groups -OCH3 is 4. The van der Waals surface area contributed by atoms with Crippen LogP contribution in [0.5, 0.6) is 34.5 Å². The van der Waals surface area contributed by atoms with Gasteiger partial charge in [0.2, 0.25) is 11.5 Å². The first-order valence-electron chi connectivity index (χ1n) is 18.8. The monoisotopic (exact) mass is 808 g/mol. The topological polar surface area (TPSA) is 167 Å². The summed E-state index contributed by atoms with van der Waals surface area (Å²) in [5.41, 5.74) is 1.28. The quantitative estimate of drug-likeness (QED) is 0.105. The first-order chi connectivity index (χ1) is 28.3. The SMILES string of the molecule is COc1cc(/C=C/C(=O)N2CCC=CC2=O)cc(OC)c1OCCOCCOCCOCCOCCOc1c(OC)cc(/C=C/C(=O)N2CCC=CC2=O)cc1OC. The molecule has 0 spiro atoms. The lowest BCUT2D eigenvalue weighted by molar-refractivity contribution is -0.140. The van der Waals surface area contributed by atoms with E-state index in [0.717, 1.165) is 0 Å². The fourth-order valence-corrected chi connectivity index (χ4v) is 5.57. The molecule has 0 bridgehead atoms. The number of amides is 4. The Morgan fingerprint density at radius 1 is 0.517 bits per heavy atom. The van der Waals surface area contributed by atoms with Crippen molar-refractivity contribution in [3.63, 3.8) is 0 Å². The summed E-state index contributed by atoms with van der Waals surface area (Å²) in [5.74, 6) is 1.01. The molecule has 0 unspecified atom stereocenters. The first-order valence-corrected chi connectivity index (χ1v) is 18.8. The molecule has 0 saturated carbocycles. The van der Waals surface area contributed by atoms with Crippen molar-refractivity contribution in [1.29, 1.82) is 0 Å². The van der Waals surface area contributed by atoms with Crippen LogP contribution in [0.25, 0.3) is 12.2 Å². The summed E-state index contributed by atoms with van der Waals surface area (Å²) in [7, 11) is 6.02. The molecule has 16 heteroatoms. The molecule has 0 fully saturated rings. The van der Waals surface area contributed by atoms with E-state index in [4.69, 9.17) is 47.4 Å². The van der Waals surface area contributed by atoms with Gasteiger partial charge in [-0.3, -0.25) is 29.0 Å². The van der Waals surface area contributed by atoms with Gasteiger partial charge < -0.3 is 47.4 Å². The Bertz CT molecular complexity index is 1620. The molecule has 2 aromatic rings. The number of rotatable bonds is 25. The molecule has 2 aromatic carbocycles. The number of benzene rings is 2. The molecular weight excluding hydrogens is 756 g/mol. The first kappa shape index (κ1) is 45.0. The normalized spacial score (nSPS) is 14.1. The molecule has 0 atom stereocenters. The van der Waals surface area contributed by atoms with Gasteiger partial charge >= 0.3 is 0 Å². The van der Waals surface area contributed by atoms with Crippen LogP contribution in [0.15, 0.2) is 60.7 Å². The zero-order valence-corrected chi connectivity index (χ0v) is 33.4. The van der Waals surface area contributed by atoms with Crippen molar-refractivity contribution in [2.24, 2.45) is 0 Å². The van der Waals surface area contributed by atoms with Crippen molar-refractivity contribution in [2.75, 3.05) is 108 Å². The summed E-state index contributed by atoms with van der Waals surface area (Å²) < 4.78 is 56.1. The summed E-state index contributed by atoms with van der Waals surface area (Å²) in [6, 6.07) is 6.84. The van der Waals surface area contributed by atoms with Crippen LogP contribution >= 0.6 is 0 Å². The van der Waals surface area contributed by atoms with Gasteiger partial charge in [-0.1, -0.05) is 12.2 Å². The number of hydrogen-bond donors (Lipinski definition) is 0. The van der Waals surface area contributed by atoms with Crippen LogP contribution in [0.3, 0.4) is 0 Å². The molecule has 2 aliphatic rings. The lowest BCUT2D eigenvalue weighted by Gasteiger charge is -2.19. The van der Waals surface area contributed by atoms with Gasteiger partial charge in [-0.25, -0.2) is 0 Å². The summed E-state index contributed by atoms with van der Waals surface area (Å²) >= 11 is 0. The maximum Gasteiger partial charge on any atom is 0.253 e. The van der Waals surface area contributed by atoms with Crippen molar-refractivity contribution in [2.45, 2.75) is 12.8 Å². The van der Waals surface area contributed by atoms with Gasteiger partial charge in [-0.05, 0) is 72.5 Å². The number of carbonyl (C=O) groups is 4. The Morgan fingerprint density at radius 2 is 0.828 bits per heavy atom. The molecule has 58 heavy (non-hydrogen) atoms. The summed E-state index contributed by atoms with van der Waals surface area (Å²) in [5, 5.41) is 0. The highest BCUT2D eigenvalue weighted by Gasteiger charge is 2.21. The van der Waals surface area contributed by atoms with E-state index in [2.05, 4.69) is 0 Å². The standard InChI is InChI=1S/C42H52N2O14/c1-49-33-27-31(11-13-39(47)43-15-7-5-9-37(43)45)28-34(50-2)41(33)57-25-23-55-21-19-53-17-18-54-20-22-56-24-26-58-42-35(51-3)29-32(30-36(42)52-4)12-14-40(48)44-16-8-6-10-38(44)46/h5-6,9-14,27-30H,7-8,15-26H2,1-4H3/b13-11+,14-12+. The van der Waals surface area contributed by atoms with Crippen LogP contribution in [0.4, 0.5) is 0 Å². The summed E-state index contributed by atoms with van der Waals surface area (Å²) in [6.07, 6.45) is 13.4. The van der Waals surface area contributed by atoms with Crippen molar-refractivity contribution in [3.05, 3.63) is 71.8 Å². The average molecular weight is 809 g/mol. The van der Waals surface area contributed by atoms with Crippen LogP contribution in [0, 0.1) is 0 Å². The third-order valence-electron chi connectivity index (χ3n) is 8.49. The molecule has 314 valence electrons. The average Bonchev–Trinajstić information content (AvgIpc) is 3.24. The Morgan fingerprint density at radius 3 is 1.12 bits per heavy atom. The number of hydrogen-bond acceptors (Lipinski definition) is 14. The van der Waals surface area contributed by atoms with Crippen LogP contribution < -0.4 is 28.4 Å². The largest absolute Gasteiger partial charge is 0.493 e. The molecule has 0 aliphatic carbocycles. The fourth-order valence-electron chi connectivity index (χ4n) is 5.57. The van der Waals surface area contributed by atoms with Gasteiger partial charge in [-0.2, -0.15) is 0 Å². The lowest BCUT2D eigenvalue weighted by Crippen LogP contribution is -2.37. The van der Waals surface area contributed by atoms with E-state index in [-0.39, 0.29) is 25.0 Å². The molecular formula is C42H52N2O14. The third-order valence-corrected chi connectivity index (χ3v) is 8.49. The maximum absolute atomic E-state index is 12.5. The van der Waals surface area contributed by atoms with E-state index in [1.165, 1.54) is 62.5 Å². The van der Waals surface area contributed by atoms with Crippen LogP contribution in [-0.2, 0) is 38.1 Å². The summed E-state index contributed by atoms with van der Waals surface area (Å²) in [6.45, 7) is 4.02. The van der Waals surface area contributed by atoms with Crippen molar-refractivity contribution in [3.8, 4) is 34.5 Å². The van der Waals surface area contributed by atoms with E-state index in [1.807, 2.05) is 0 Å². The van der Waals surface area contributed by atoms with Crippen molar-refractivity contribution in [1.82, 2.24) is 9.80 Å². The number of nitrogens with zero attached hydrogens (tertiary/aromatic N) is 2. The Balaban J connectivity index is 1.04. The predicted octanol–water partition coefficient (Wildman–Crippen LogP) is 3.90. The highest BCUT2D eigenvalue weighted by Crippen LogP contribution is 2.40.